The molecule has 0 spiro atoms. The van der Waals surface area contributed by atoms with E-state index in [1.807, 2.05) is 42.5 Å². The second-order valence-corrected chi connectivity index (χ2v) is 6.75. The summed E-state index contributed by atoms with van der Waals surface area (Å²) in [5, 5.41) is 2.67. The summed E-state index contributed by atoms with van der Waals surface area (Å²) in [6, 6.07) is 13.4. The lowest BCUT2D eigenvalue weighted by molar-refractivity contribution is 1.17. The van der Waals surface area contributed by atoms with E-state index in [1.165, 1.54) is 0 Å². The van der Waals surface area contributed by atoms with Crippen LogP contribution < -0.4 is 0 Å². The zero-order chi connectivity index (χ0) is 15.0. The van der Waals surface area contributed by atoms with Crippen LogP contribution in [0, 0.1) is 0 Å². The van der Waals surface area contributed by atoms with E-state index in [0.29, 0.717) is 21.6 Å². The van der Waals surface area contributed by atoms with Crippen molar-refractivity contribution >= 4 is 61.6 Å². The predicted octanol–water partition coefficient (Wildman–Crippen LogP) is 6.55. The smallest absolute Gasteiger partial charge is 0.134 e. The molecule has 0 saturated carbocycles. The highest BCUT2D eigenvalue weighted by Gasteiger charge is 2.13. The molecule has 0 amide bonds. The molecule has 0 aliphatic heterocycles. The van der Waals surface area contributed by atoms with Gasteiger partial charge in [-0.05, 0) is 35.9 Å². The van der Waals surface area contributed by atoms with E-state index in [2.05, 4.69) is 20.9 Å². The fraction of sp³-hybridized carbons (Fsp3) is 0.0625. The predicted molar refractivity (Wildman–Crippen MR) is 93.7 cm³/mol. The molecule has 1 heterocycles. The number of nitrogens with zero attached hydrogens (tertiary/aromatic N) is 1. The maximum Gasteiger partial charge on any atom is 0.134 e. The molecule has 0 aliphatic carbocycles. The summed E-state index contributed by atoms with van der Waals surface area (Å²) in [5.41, 5.74) is 2.69. The Hall–Kier alpha value is -0.800. The summed E-state index contributed by atoms with van der Waals surface area (Å²) in [7, 11) is 0. The first-order valence-corrected chi connectivity index (χ1v) is 8.15. The first-order chi connectivity index (χ1) is 10.0. The molecule has 0 bridgehead atoms. The van der Waals surface area contributed by atoms with Crippen LogP contribution in [0.25, 0.3) is 10.9 Å². The van der Waals surface area contributed by atoms with E-state index in [0.717, 1.165) is 26.5 Å². The molecule has 1 aromatic heterocycles. The number of hydrogen-bond acceptors (Lipinski definition) is 1. The number of hydrogen-bond donors (Lipinski definition) is 0. The Morgan fingerprint density at radius 3 is 2.38 bits per heavy atom. The van der Waals surface area contributed by atoms with Crippen molar-refractivity contribution in [3.05, 3.63) is 73.3 Å². The Morgan fingerprint density at radius 2 is 1.67 bits per heavy atom. The monoisotopic (exact) mass is 399 g/mol. The molecular weight excluding hydrogens is 392 g/mol. The molecule has 0 radical (unpaired) electrons. The lowest BCUT2D eigenvalue weighted by Crippen LogP contribution is -1.95. The van der Waals surface area contributed by atoms with Crippen LogP contribution >= 0.6 is 50.7 Å². The topological polar surface area (TPSA) is 12.9 Å². The normalized spacial score (nSPS) is 11.0. The number of benzene rings is 2. The highest BCUT2D eigenvalue weighted by atomic mass is 79.9. The van der Waals surface area contributed by atoms with Crippen LogP contribution in [-0.2, 0) is 6.42 Å². The molecule has 106 valence electrons. The minimum atomic E-state index is 0.435. The Kier molecular flexibility index (Phi) is 4.41. The molecule has 3 rings (SSSR count). The van der Waals surface area contributed by atoms with Crippen molar-refractivity contribution in [3.63, 3.8) is 0 Å². The van der Waals surface area contributed by atoms with Crippen LogP contribution in [-0.4, -0.2) is 4.98 Å². The van der Waals surface area contributed by atoms with Crippen molar-refractivity contribution < 1.29 is 0 Å². The standard InChI is InChI=1S/C16H9BrCl3N/c17-10-3-6-14-12(8-10)15(19)13(16(20)21-14)7-9-1-4-11(18)5-2-9/h1-6,8H,7H2. The van der Waals surface area contributed by atoms with Crippen molar-refractivity contribution in [3.8, 4) is 0 Å². The van der Waals surface area contributed by atoms with Crippen molar-refractivity contribution in [2.45, 2.75) is 6.42 Å². The quantitative estimate of drug-likeness (QED) is 0.444. The Balaban J connectivity index is 2.11. The van der Waals surface area contributed by atoms with Crippen molar-refractivity contribution in [2.75, 3.05) is 0 Å². The van der Waals surface area contributed by atoms with Gasteiger partial charge in [-0.2, -0.15) is 0 Å². The van der Waals surface area contributed by atoms with Gasteiger partial charge in [-0.15, -0.1) is 0 Å². The first-order valence-electron chi connectivity index (χ1n) is 6.22. The first kappa shape index (κ1) is 15.1. The van der Waals surface area contributed by atoms with Gasteiger partial charge in [-0.1, -0.05) is 62.9 Å². The fourth-order valence-electron chi connectivity index (χ4n) is 2.16. The maximum atomic E-state index is 6.53. The van der Waals surface area contributed by atoms with Gasteiger partial charge in [0.05, 0.1) is 10.5 Å². The van der Waals surface area contributed by atoms with E-state index in [-0.39, 0.29) is 0 Å². The molecular formula is C16H9BrCl3N. The lowest BCUT2D eigenvalue weighted by Gasteiger charge is -2.10. The number of halogens is 4. The van der Waals surface area contributed by atoms with E-state index in [4.69, 9.17) is 34.8 Å². The third kappa shape index (κ3) is 3.19. The molecule has 5 heteroatoms. The van der Waals surface area contributed by atoms with Gasteiger partial charge in [-0.25, -0.2) is 4.98 Å². The molecule has 21 heavy (non-hydrogen) atoms. The highest BCUT2D eigenvalue weighted by molar-refractivity contribution is 9.10. The molecule has 0 N–H and O–H groups in total. The molecule has 0 atom stereocenters. The van der Waals surface area contributed by atoms with Gasteiger partial charge in [0.15, 0.2) is 0 Å². The third-order valence-electron chi connectivity index (χ3n) is 3.22. The second kappa shape index (κ2) is 6.13. The number of rotatable bonds is 2. The van der Waals surface area contributed by atoms with Gasteiger partial charge in [0.2, 0.25) is 0 Å². The summed E-state index contributed by atoms with van der Waals surface area (Å²) in [5.74, 6) is 0. The minimum absolute atomic E-state index is 0.435. The van der Waals surface area contributed by atoms with Crippen molar-refractivity contribution in [1.82, 2.24) is 4.98 Å². The van der Waals surface area contributed by atoms with Gasteiger partial charge in [0.25, 0.3) is 0 Å². The van der Waals surface area contributed by atoms with Crippen LogP contribution in [0.4, 0.5) is 0 Å². The van der Waals surface area contributed by atoms with Gasteiger partial charge in [-0.3, -0.25) is 0 Å². The Labute approximate surface area is 146 Å². The average molecular weight is 402 g/mol. The third-order valence-corrected chi connectivity index (χ3v) is 4.71. The second-order valence-electron chi connectivity index (χ2n) is 4.66. The Bertz CT molecular complexity index is 816. The van der Waals surface area contributed by atoms with Crippen LogP contribution in [0.1, 0.15) is 11.1 Å². The number of pyridine rings is 1. The molecule has 3 aromatic rings. The van der Waals surface area contributed by atoms with Gasteiger partial charge in [0, 0.05) is 26.9 Å². The van der Waals surface area contributed by atoms with Crippen LogP contribution in [0.3, 0.4) is 0 Å². The molecule has 0 fully saturated rings. The summed E-state index contributed by atoms with van der Waals surface area (Å²) in [6.07, 6.45) is 0.615. The summed E-state index contributed by atoms with van der Waals surface area (Å²) in [6.45, 7) is 0. The Morgan fingerprint density at radius 1 is 0.952 bits per heavy atom. The molecule has 2 aromatic carbocycles. The molecule has 1 nitrogen and oxygen atoms in total. The van der Waals surface area contributed by atoms with Crippen LogP contribution in [0.15, 0.2) is 46.9 Å². The summed E-state index contributed by atoms with van der Waals surface area (Å²) >= 11 is 22.2. The lowest BCUT2D eigenvalue weighted by atomic mass is 10.0. The van der Waals surface area contributed by atoms with Gasteiger partial charge < -0.3 is 0 Å². The maximum absolute atomic E-state index is 6.53. The molecule has 0 aliphatic rings. The van der Waals surface area contributed by atoms with Gasteiger partial charge >= 0.3 is 0 Å². The van der Waals surface area contributed by atoms with Crippen molar-refractivity contribution in [1.29, 1.82) is 0 Å². The SMILES string of the molecule is Clc1ccc(Cc2c(Cl)nc3ccc(Br)cc3c2Cl)cc1. The zero-order valence-electron chi connectivity index (χ0n) is 10.7. The van der Waals surface area contributed by atoms with E-state index in [9.17, 15) is 0 Å². The molecule has 0 unspecified atom stereocenters. The van der Waals surface area contributed by atoms with E-state index < -0.39 is 0 Å². The minimum Gasteiger partial charge on any atom is -0.236 e. The number of fused-ring (bicyclic) bond motifs is 1. The average Bonchev–Trinajstić information content (AvgIpc) is 2.46. The number of aromatic nitrogens is 1. The molecule has 0 saturated heterocycles. The summed E-state index contributed by atoms with van der Waals surface area (Å²) < 4.78 is 0.957. The fourth-order valence-corrected chi connectivity index (χ4v) is 3.26. The zero-order valence-corrected chi connectivity index (χ0v) is 14.6. The van der Waals surface area contributed by atoms with Gasteiger partial charge in [0.1, 0.15) is 5.15 Å². The van der Waals surface area contributed by atoms with E-state index in [1.54, 1.807) is 0 Å². The largest absolute Gasteiger partial charge is 0.236 e. The highest BCUT2D eigenvalue weighted by Crippen LogP contribution is 2.34. The van der Waals surface area contributed by atoms with Crippen molar-refractivity contribution in [2.24, 2.45) is 0 Å². The summed E-state index contributed by atoms with van der Waals surface area (Å²) in [4.78, 5) is 4.43. The van der Waals surface area contributed by atoms with E-state index >= 15 is 0 Å². The van der Waals surface area contributed by atoms with Crippen LogP contribution in [0.2, 0.25) is 15.2 Å². The van der Waals surface area contributed by atoms with Crippen LogP contribution in [0.5, 0.6) is 0 Å².